The van der Waals surface area contributed by atoms with Crippen molar-refractivity contribution in [2.24, 2.45) is 0 Å². The number of benzene rings is 2. The van der Waals surface area contributed by atoms with Gasteiger partial charge in [0.05, 0.1) is 20.8 Å². The number of halogens is 1. The van der Waals surface area contributed by atoms with E-state index in [9.17, 15) is 9.59 Å². The van der Waals surface area contributed by atoms with Gasteiger partial charge >= 0.3 is 5.97 Å². The number of fused-ring (bicyclic) bond motifs is 1. The highest BCUT2D eigenvalue weighted by atomic mass is 35.5. The highest BCUT2D eigenvalue weighted by molar-refractivity contribution is 7.18. The number of esters is 1. The van der Waals surface area contributed by atoms with Crippen LogP contribution in [0.15, 0.2) is 48.5 Å². The standard InChI is InChI=1S/C18H15ClN2O3S/c19-13-7-5-12(6-8-13)18(23)24-11-16(22)20-10-9-17-21-14-3-1-2-4-15(14)25-17/h1-8H,9-11H2,(H,20,22). The maximum absolute atomic E-state index is 11.8. The number of amides is 1. The van der Waals surface area contributed by atoms with Gasteiger partial charge in [-0.15, -0.1) is 11.3 Å². The molecule has 0 aliphatic rings. The van der Waals surface area contributed by atoms with Crippen molar-refractivity contribution in [2.45, 2.75) is 6.42 Å². The Bertz CT molecular complexity index is 860. The van der Waals surface area contributed by atoms with Crippen molar-refractivity contribution in [2.75, 3.05) is 13.2 Å². The normalized spacial score (nSPS) is 10.6. The van der Waals surface area contributed by atoms with E-state index in [1.165, 1.54) is 0 Å². The van der Waals surface area contributed by atoms with Crippen LogP contribution in [0.3, 0.4) is 0 Å². The lowest BCUT2D eigenvalue weighted by molar-refractivity contribution is -0.124. The second-order valence-electron chi connectivity index (χ2n) is 5.26. The number of carbonyl (C=O) groups excluding carboxylic acids is 2. The van der Waals surface area contributed by atoms with Crippen LogP contribution in [0.5, 0.6) is 0 Å². The molecule has 128 valence electrons. The quantitative estimate of drug-likeness (QED) is 0.671. The fourth-order valence-corrected chi connectivity index (χ4v) is 3.28. The molecule has 3 rings (SSSR count). The maximum atomic E-state index is 11.8. The van der Waals surface area contributed by atoms with Crippen molar-refractivity contribution in [1.29, 1.82) is 0 Å². The third-order valence-electron chi connectivity index (χ3n) is 3.41. The highest BCUT2D eigenvalue weighted by Crippen LogP contribution is 2.21. The zero-order valence-electron chi connectivity index (χ0n) is 13.2. The minimum absolute atomic E-state index is 0.318. The van der Waals surface area contributed by atoms with Crippen molar-refractivity contribution in [1.82, 2.24) is 10.3 Å². The molecule has 0 radical (unpaired) electrons. The molecule has 0 fully saturated rings. The van der Waals surface area contributed by atoms with Gasteiger partial charge in [-0.2, -0.15) is 0 Å². The molecule has 0 aliphatic heterocycles. The Morgan fingerprint density at radius 2 is 1.88 bits per heavy atom. The summed E-state index contributed by atoms with van der Waals surface area (Å²) >= 11 is 7.36. The summed E-state index contributed by atoms with van der Waals surface area (Å²) in [6, 6.07) is 14.2. The molecule has 1 heterocycles. The number of ether oxygens (including phenoxy) is 1. The van der Waals surface area contributed by atoms with E-state index in [2.05, 4.69) is 10.3 Å². The van der Waals surface area contributed by atoms with E-state index in [0.29, 0.717) is 23.6 Å². The van der Waals surface area contributed by atoms with Crippen molar-refractivity contribution in [3.63, 3.8) is 0 Å². The number of hydrogen-bond acceptors (Lipinski definition) is 5. The number of nitrogens with zero attached hydrogens (tertiary/aromatic N) is 1. The summed E-state index contributed by atoms with van der Waals surface area (Å²) < 4.78 is 6.10. The molecule has 1 amide bonds. The van der Waals surface area contributed by atoms with Crippen LogP contribution in [-0.4, -0.2) is 30.0 Å². The first-order valence-corrected chi connectivity index (χ1v) is 8.85. The average Bonchev–Trinajstić information content (AvgIpc) is 3.03. The Morgan fingerprint density at radius 1 is 1.12 bits per heavy atom. The van der Waals surface area contributed by atoms with Gasteiger partial charge in [-0.1, -0.05) is 23.7 Å². The number of hydrogen-bond donors (Lipinski definition) is 1. The van der Waals surface area contributed by atoms with E-state index < -0.39 is 5.97 Å². The van der Waals surface area contributed by atoms with E-state index in [-0.39, 0.29) is 12.5 Å². The molecule has 0 aliphatic carbocycles. The lowest BCUT2D eigenvalue weighted by Gasteiger charge is -2.06. The van der Waals surface area contributed by atoms with Gasteiger partial charge in [-0.3, -0.25) is 4.79 Å². The largest absolute Gasteiger partial charge is 0.452 e. The van der Waals surface area contributed by atoms with Gasteiger partial charge in [0.15, 0.2) is 6.61 Å². The van der Waals surface area contributed by atoms with Crippen molar-refractivity contribution in [3.8, 4) is 0 Å². The number of para-hydroxylation sites is 1. The van der Waals surface area contributed by atoms with E-state index in [1.54, 1.807) is 35.6 Å². The lowest BCUT2D eigenvalue weighted by atomic mass is 10.2. The summed E-state index contributed by atoms with van der Waals surface area (Å²) in [6.45, 7) is 0.123. The van der Waals surface area contributed by atoms with Crippen LogP contribution in [0.25, 0.3) is 10.2 Å². The molecule has 5 nitrogen and oxygen atoms in total. The Kier molecular flexibility index (Phi) is 5.63. The highest BCUT2D eigenvalue weighted by Gasteiger charge is 2.10. The second kappa shape index (κ2) is 8.09. The molecule has 1 aromatic heterocycles. The molecule has 0 saturated carbocycles. The Morgan fingerprint density at radius 3 is 2.64 bits per heavy atom. The summed E-state index contributed by atoms with van der Waals surface area (Å²) in [4.78, 5) is 28.1. The first-order chi connectivity index (χ1) is 12.1. The molecule has 0 saturated heterocycles. The van der Waals surface area contributed by atoms with Gasteiger partial charge in [0.2, 0.25) is 0 Å². The number of aromatic nitrogens is 1. The third-order valence-corrected chi connectivity index (χ3v) is 4.76. The van der Waals surface area contributed by atoms with Gasteiger partial charge in [0.1, 0.15) is 0 Å². The Hall–Kier alpha value is -2.44. The molecule has 0 unspecified atom stereocenters. The molecular formula is C18H15ClN2O3S. The summed E-state index contributed by atoms with van der Waals surface area (Å²) in [5, 5.41) is 4.21. The minimum atomic E-state index is -0.557. The van der Waals surface area contributed by atoms with Gasteiger partial charge in [0, 0.05) is 18.0 Å². The smallest absolute Gasteiger partial charge is 0.338 e. The molecule has 0 spiro atoms. The topological polar surface area (TPSA) is 68.3 Å². The first-order valence-electron chi connectivity index (χ1n) is 7.65. The van der Waals surface area contributed by atoms with Gasteiger partial charge in [0.25, 0.3) is 5.91 Å². The number of rotatable bonds is 6. The van der Waals surface area contributed by atoms with E-state index in [1.807, 2.05) is 24.3 Å². The van der Waals surface area contributed by atoms with E-state index in [4.69, 9.17) is 16.3 Å². The predicted molar refractivity (Wildman–Crippen MR) is 98.1 cm³/mol. The lowest BCUT2D eigenvalue weighted by Crippen LogP contribution is -2.30. The third kappa shape index (κ3) is 4.78. The van der Waals surface area contributed by atoms with Crippen LogP contribution < -0.4 is 5.32 Å². The molecule has 3 aromatic rings. The molecule has 0 bridgehead atoms. The van der Waals surface area contributed by atoms with Crippen LogP contribution in [0.1, 0.15) is 15.4 Å². The van der Waals surface area contributed by atoms with Crippen LogP contribution in [0.4, 0.5) is 0 Å². The zero-order chi connectivity index (χ0) is 17.6. The first kappa shape index (κ1) is 17.4. The predicted octanol–water partition coefficient (Wildman–Crippen LogP) is 3.47. The summed E-state index contributed by atoms with van der Waals surface area (Å²) in [7, 11) is 0. The van der Waals surface area contributed by atoms with Crippen molar-refractivity contribution >= 4 is 45.0 Å². The summed E-state index contributed by atoms with van der Waals surface area (Å²) in [6.07, 6.45) is 0.635. The minimum Gasteiger partial charge on any atom is -0.452 e. The van der Waals surface area contributed by atoms with E-state index in [0.717, 1.165) is 15.2 Å². The fourth-order valence-electron chi connectivity index (χ4n) is 2.19. The molecule has 2 aromatic carbocycles. The molecule has 25 heavy (non-hydrogen) atoms. The van der Waals surface area contributed by atoms with Crippen LogP contribution in [0, 0.1) is 0 Å². The Balaban J connectivity index is 1.42. The average molecular weight is 375 g/mol. The SMILES string of the molecule is O=C(COC(=O)c1ccc(Cl)cc1)NCCc1nc2ccccc2s1. The van der Waals surface area contributed by atoms with Gasteiger partial charge in [-0.05, 0) is 36.4 Å². The zero-order valence-corrected chi connectivity index (χ0v) is 14.8. The molecular weight excluding hydrogens is 360 g/mol. The monoisotopic (exact) mass is 374 g/mol. The van der Waals surface area contributed by atoms with Crippen molar-refractivity contribution in [3.05, 3.63) is 64.1 Å². The molecule has 0 atom stereocenters. The van der Waals surface area contributed by atoms with Crippen molar-refractivity contribution < 1.29 is 14.3 Å². The summed E-state index contributed by atoms with van der Waals surface area (Å²) in [5.74, 6) is -0.901. The van der Waals surface area contributed by atoms with Crippen LogP contribution in [0.2, 0.25) is 5.02 Å². The van der Waals surface area contributed by atoms with Gasteiger partial charge < -0.3 is 10.1 Å². The molecule has 1 N–H and O–H groups in total. The number of nitrogens with one attached hydrogen (secondary N) is 1. The fraction of sp³-hybridized carbons (Fsp3) is 0.167. The maximum Gasteiger partial charge on any atom is 0.338 e. The molecule has 7 heteroatoms. The van der Waals surface area contributed by atoms with Crippen LogP contribution >= 0.6 is 22.9 Å². The summed E-state index contributed by atoms with van der Waals surface area (Å²) in [5.41, 5.74) is 1.32. The van der Waals surface area contributed by atoms with Gasteiger partial charge in [-0.25, -0.2) is 9.78 Å². The second-order valence-corrected chi connectivity index (χ2v) is 6.81. The number of carbonyl (C=O) groups is 2. The van der Waals surface area contributed by atoms with Crippen LogP contribution in [-0.2, 0) is 16.0 Å². The van der Waals surface area contributed by atoms with E-state index >= 15 is 0 Å². The number of thiazole rings is 1. The Labute approximate surface area is 153 Å².